The van der Waals surface area contributed by atoms with Crippen LogP contribution in [-0.4, -0.2) is 55.8 Å². The van der Waals surface area contributed by atoms with Gasteiger partial charge in [-0.3, -0.25) is 14.4 Å². The number of benzene rings is 1. The molecule has 2 atom stereocenters. The van der Waals surface area contributed by atoms with E-state index in [9.17, 15) is 27.6 Å². The van der Waals surface area contributed by atoms with Gasteiger partial charge >= 0.3 is 0 Å². The van der Waals surface area contributed by atoms with Crippen LogP contribution in [0.3, 0.4) is 0 Å². The van der Waals surface area contributed by atoms with Gasteiger partial charge in [0.15, 0.2) is 30.5 Å². The molecule has 0 aliphatic carbocycles. The lowest BCUT2D eigenvalue weighted by Crippen LogP contribution is -3.11. The summed E-state index contributed by atoms with van der Waals surface area (Å²) in [4.78, 5) is 37.6. The molecule has 1 fully saturated rings. The highest BCUT2D eigenvalue weighted by molar-refractivity contribution is 5.91. The minimum atomic E-state index is -1.67. The Kier molecular flexibility index (Phi) is 6.78. The van der Waals surface area contributed by atoms with Gasteiger partial charge in [-0.15, -0.1) is 0 Å². The summed E-state index contributed by atoms with van der Waals surface area (Å²) in [5.74, 6) is -6.21. The largest absolute Gasteiger partial charge is 0.369 e. The fraction of sp³-hybridized carbons (Fsp3) is 0.471. The number of hydrogen-bond donors (Lipinski definition) is 3. The number of quaternary nitrogens is 1. The molecule has 1 aliphatic heterocycles. The Morgan fingerprint density at radius 3 is 2.59 bits per heavy atom. The molecular formula is C17H22F3N4O3+. The molecular weight excluding hydrogens is 365 g/mol. The maximum Gasteiger partial charge on any atom is 0.279 e. The Hall–Kier alpha value is -2.62. The Balaban J connectivity index is 1.87. The van der Waals surface area contributed by atoms with Crippen molar-refractivity contribution in [2.24, 2.45) is 11.7 Å². The van der Waals surface area contributed by atoms with E-state index in [1.165, 1.54) is 4.90 Å². The maximum atomic E-state index is 13.6. The van der Waals surface area contributed by atoms with Gasteiger partial charge in [0, 0.05) is 13.1 Å². The lowest BCUT2D eigenvalue weighted by Gasteiger charge is -2.31. The molecule has 0 spiro atoms. The van der Waals surface area contributed by atoms with Gasteiger partial charge in [0.25, 0.3) is 11.8 Å². The fourth-order valence-corrected chi connectivity index (χ4v) is 2.96. The van der Waals surface area contributed by atoms with Crippen molar-refractivity contribution >= 4 is 23.4 Å². The van der Waals surface area contributed by atoms with Crippen molar-refractivity contribution in [3.63, 3.8) is 0 Å². The smallest absolute Gasteiger partial charge is 0.279 e. The zero-order chi connectivity index (χ0) is 20.1. The third-order valence-electron chi connectivity index (χ3n) is 4.40. The molecule has 2 rings (SSSR count). The minimum Gasteiger partial charge on any atom is -0.369 e. The molecule has 7 nitrogen and oxygen atoms in total. The van der Waals surface area contributed by atoms with Crippen molar-refractivity contribution in [3.8, 4) is 0 Å². The van der Waals surface area contributed by atoms with Crippen LogP contribution in [0.4, 0.5) is 18.9 Å². The average molecular weight is 387 g/mol. The number of anilines is 1. The lowest BCUT2D eigenvalue weighted by molar-refractivity contribution is -0.862. The number of rotatable bonds is 6. The average Bonchev–Trinajstić information content (AvgIpc) is 2.62. The van der Waals surface area contributed by atoms with Crippen molar-refractivity contribution in [1.29, 1.82) is 0 Å². The fourth-order valence-electron chi connectivity index (χ4n) is 2.96. The first-order valence-corrected chi connectivity index (χ1v) is 8.50. The second kappa shape index (κ2) is 8.85. The molecule has 3 amide bonds. The second-order valence-electron chi connectivity index (χ2n) is 6.66. The number of amides is 3. The molecule has 1 saturated heterocycles. The van der Waals surface area contributed by atoms with Gasteiger partial charge in [-0.25, -0.2) is 13.2 Å². The van der Waals surface area contributed by atoms with E-state index >= 15 is 0 Å². The molecule has 1 aliphatic rings. The molecule has 1 unspecified atom stereocenters. The molecule has 10 heteroatoms. The summed E-state index contributed by atoms with van der Waals surface area (Å²) < 4.78 is 39.7. The topological polar surface area (TPSA) is 96.9 Å². The molecule has 27 heavy (non-hydrogen) atoms. The van der Waals surface area contributed by atoms with Gasteiger partial charge in [0.05, 0.1) is 18.7 Å². The minimum absolute atomic E-state index is 0.0147. The molecule has 1 heterocycles. The summed E-state index contributed by atoms with van der Waals surface area (Å²) in [6, 6.07) is 1.63. The summed E-state index contributed by atoms with van der Waals surface area (Å²) in [6.07, 6.45) is 1.32. The van der Waals surface area contributed by atoms with E-state index in [1.54, 1.807) is 7.05 Å². The zero-order valence-electron chi connectivity index (χ0n) is 14.9. The normalized spacial score (nSPS) is 18.1. The molecule has 0 radical (unpaired) electrons. The summed E-state index contributed by atoms with van der Waals surface area (Å²) >= 11 is 0. The van der Waals surface area contributed by atoms with Crippen LogP contribution in [0.5, 0.6) is 0 Å². The molecule has 1 aromatic rings. The van der Waals surface area contributed by atoms with Crippen LogP contribution >= 0.6 is 0 Å². The first-order chi connectivity index (χ1) is 12.7. The highest BCUT2D eigenvalue weighted by atomic mass is 19.2. The van der Waals surface area contributed by atoms with Crippen LogP contribution in [0.2, 0.25) is 0 Å². The highest BCUT2D eigenvalue weighted by Crippen LogP contribution is 2.19. The Morgan fingerprint density at radius 2 is 1.93 bits per heavy atom. The van der Waals surface area contributed by atoms with E-state index in [0.717, 1.165) is 6.07 Å². The molecule has 148 valence electrons. The van der Waals surface area contributed by atoms with Crippen molar-refractivity contribution in [2.45, 2.75) is 12.8 Å². The standard InChI is InChI=1S/C17H21F3N4O3/c1-23(9-14(26)24-6-2-3-10(7-24)17(21)27)8-13(25)22-12-5-4-11(18)15(19)16(12)20/h4-5,10H,2-3,6-9H2,1H3,(H2,21,27)(H,22,25)/p+1/t10-/m1/s1. The van der Waals surface area contributed by atoms with E-state index in [4.69, 9.17) is 5.73 Å². The SMILES string of the molecule is C[NH+](CC(=O)Nc1ccc(F)c(F)c1F)CC(=O)N1CCC[C@@H](C(N)=O)C1. The number of piperidine rings is 1. The third kappa shape index (κ3) is 5.43. The van der Waals surface area contributed by atoms with Gasteiger partial charge in [-0.2, -0.15) is 0 Å². The third-order valence-corrected chi connectivity index (χ3v) is 4.40. The first kappa shape index (κ1) is 20.7. The summed E-state index contributed by atoms with van der Waals surface area (Å²) in [5, 5.41) is 2.16. The number of nitrogens with one attached hydrogen (secondary N) is 2. The summed E-state index contributed by atoms with van der Waals surface area (Å²) in [5.41, 5.74) is 4.81. The van der Waals surface area contributed by atoms with Crippen LogP contribution in [0.1, 0.15) is 12.8 Å². The predicted molar refractivity (Wildman–Crippen MR) is 90.1 cm³/mol. The van der Waals surface area contributed by atoms with Gasteiger partial charge in [0.2, 0.25) is 5.91 Å². The Bertz CT molecular complexity index is 744. The highest BCUT2D eigenvalue weighted by Gasteiger charge is 2.28. The molecule has 4 N–H and O–H groups in total. The molecule has 1 aromatic carbocycles. The number of nitrogens with zero attached hydrogens (tertiary/aromatic N) is 1. The zero-order valence-corrected chi connectivity index (χ0v) is 14.9. The number of nitrogens with two attached hydrogens (primary N) is 1. The number of halogens is 3. The molecule has 0 bridgehead atoms. The Morgan fingerprint density at radius 1 is 1.22 bits per heavy atom. The molecule has 0 saturated carbocycles. The maximum absolute atomic E-state index is 13.6. The number of likely N-dealkylation sites (N-methyl/N-ethyl adjacent to an activating group) is 1. The summed E-state index contributed by atoms with van der Waals surface area (Å²) in [7, 11) is 1.59. The van der Waals surface area contributed by atoms with Crippen LogP contribution in [-0.2, 0) is 14.4 Å². The number of carbonyl (C=O) groups is 3. The van der Waals surface area contributed by atoms with E-state index in [0.29, 0.717) is 30.4 Å². The summed E-state index contributed by atoms with van der Waals surface area (Å²) in [6.45, 7) is 0.576. The van der Waals surface area contributed by atoms with Crippen molar-refractivity contribution in [3.05, 3.63) is 29.6 Å². The van der Waals surface area contributed by atoms with Gasteiger partial charge in [-0.1, -0.05) is 0 Å². The number of hydrogen-bond acceptors (Lipinski definition) is 3. The van der Waals surface area contributed by atoms with Crippen molar-refractivity contribution < 1.29 is 32.5 Å². The van der Waals surface area contributed by atoms with E-state index in [2.05, 4.69) is 5.32 Å². The van der Waals surface area contributed by atoms with Crippen LogP contribution < -0.4 is 16.0 Å². The number of carbonyl (C=O) groups excluding carboxylic acids is 3. The number of likely N-dealkylation sites (tertiary alicyclic amines) is 1. The van der Waals surface area contributed by atoms with Crippen molar-refractivity contribution in [2.75, 3.05) is 38.5 Å². The van der Waals surface area contributed by atoms with Gasteiger partial charge < -0.3 is 20.9 Å². The van der Waals surface area contributed by atoms with Gasteiger partial charge in [-0.05, 0) is 25.0 Å². The molecule has 0 aromatic heterocycles. The van der Waals surface area contributed by atoms with E-state index < -0.39 is 35.0 Å². The number of primary amides is 1. The van der Waals surface area contributed by atoms with E-state index in [-0.39, 0.29) is 31.5 Å². The van der Waals surface area contributed by atoms with Crippen LogP contribution in [0.25, 0.3) is 0 Å². The van der Waals surface area contributed by atoms with Crippen LogP contribution in [0.15, 0.2) is 12.1 Å². The van der Waals surface area contributed by atoms with Gasteiger partial charge in [0.1, 0.15) is 0 Å². The second-order valence-corrected chi connectivity index (χ2v) is 6.66. The lowest BCUT2D eigenvalue weighted by atomic mass is 9.97. The quantitative estimate of drug-likeness (QED) is 0.562. The monoisotopic (exact) mass is 387 g/mol. The van der Waals surface area contributed by atoms with E-state index in [1.807, 2.05) is 0 Å². The van der Waals surface area contributed by atoms with Crippen LogP contribution in [0, 0.1) is 23.4 Å². The van der Waals surface area contributed by atoms with Crippen molar-refractivity contribution in [1.82, 2.24) is 4.90 Å². The Labute approximate surface area is 154 Å². The first-order valence-electron chi connectivity index (χ1n) is 8.50. The predicted octanol–water partition coefficient (Wildman–Crippen LogP) is -0.719.